The molecular formula is C20H14ClN3O. The number of hydrogen-bond donors (Lipinski definition) is 0. The molecule has 2 aromatic carbocycles. The first kappa shape index (κ1) is 15.5. The van der Waals surface area contributed by atoms with Crippen molar-refractivity contribution in [2.75, 3.05) is 7.11 Å². The van der Waals surface area contributed by atoms with E-state index < -0.39 is 0 Å². The lowest BCUT2D eigenvalue weighted by Gasteiger charge is -2.11. The van der Waals surface area contributed by atoms with Crippen molar-refractivity contribution in [1.82, 2.24) is 15.0 Å². The van der Waals surface area contributed by atoms with Crippen molar-refractivity contribution in [1.29, 1.82) is 0 Å². The third-order valence-electron chi connectivity index (χ3n) is 3.90. The summed E-state index contributed by atoms with van der Waals surface area (Å²) in [6, 6.07) is 19.4. The molecule has 0 fully saturated rings. The Morgan fingerprint density at radius 2 is 1.68 bits per heavy atom. The zero-order valence-electron chi connectivity index (χ0n) is 13.5. The normalized spacial score (nSPS) is 10.8. The van der Waals surface area contributed by atoms with Crippen molar-refractivity contribution < 1.29 is 4.74 Å². The van der Waals surface area contributed by atoms with Crippen LogP contribution >= 0.6 is 11.6 Å². The number of methoxy groups -OCH3 is 1. The lowest BCUT2D eigenvalue weighted by atomic mass is 10.1. The molecule has 0 atom stereocenters. The van der Waals surface area contributed by atoms with Gasteiger partial charge in [-0.2, -0.15) is 0 Å². The average molecular weight is 348 g/mol. The predicted octanol–water partition coefficient (Wildman–Crippen LogP) is 5.02. The summed E-state index contributed by atoms with van der Waals surface area (Å²) in [5.74, 6) is 1.30. The van der Waals surface area contributed by atoms with Gasteiger partial charge in [0.2, 0.25) is 0 Å². The van der Waals surface area contributed by atoms with Crippen LogP contribution in [0.4, 0.5) is 0 Å². The average Bonchev–Trinajstić information content (AvgIpc) is 2.67. The number of halogens is 1. The minimum absolute atomic E-state index is 0.538. The maximum Gasteiger partial charge on any atom is 0.164 e. The highest BCUT2D eigenvalue weighted by molar-refractivity contribution is 6.31. The van der Waals surface area contributed by atoms with Crippen molar-refractivity contribution in [3.8, 4) is 28.4 Å². The fourth-order valence-corrected chi connectivity index (χ4v) is 2.89. The lowest BCUT2D eigenvalue weighted by Crippen LogP contribution is -1.98. The largest absolute Gasteiger partial charge is 0.496 e. The summed E-state index contributed by atoms with van der Waals surface area (Å²) in [5.41, 5.74) is 3.98. The smallest absolute Gasteiger partial charge is 0.164 e. The molecule has 0 saturated carbocycles. The van der Waals surface area contributed by atoms with Gasteiger partial charge in [0.25, 0.3) is 0 Å². The van der Waals surface area contributed by atoms with Gasteiger partial charge in [0.1, 0.15) is 17.0 Å². The molecule has 2 heterocycles. The zero-order valence-corrected chi connectivity index (χ0v) is 14.2. The highest BCUT2D eigenvalue weighted by Gasteiger charge is 2.15. The summed E-state index contributed by atoms with van der Waals surface area (Å²) in [4.78, 5) is 13.9. The standard InChI is InChI=1S/C20H14ClN3O/c1-25-17-10-6-5-9-15(17)20-23-16-11-14(21)12-22-19(16)18(24-20)13-7-3-2-4-8-13/h2-12H,1H3. The first-order valence-electron chi connectivity index (χ1n) is 7.78. The van der Waals surface area contributed by atoms with Crippen LogP contribution in [0, 0.1) is 0 Å². The predicted molar refractivity (Wildman–Crippen MR) is 99.8 cm³/mol. The summed E-state index contributed by atoms with van der Waals surface area (Å²) in [6.45, 7) is 0. The van der Waals surface area contributed by atoms with Crippen molar-refractivity contribution in [2.24, 2.45) is 0 Å². The van der Waals surface area contributed by atoms with Crippen LogP contribution in [0.3, 0.4) is 0 Å². The van der Waals surface area contributed by atoms with E-state index in [1.54, 1.807) is 19.4 Å². The van der Waals surface area contributed by atoms with Crippen LogP contribution < -0.4 is 4.74 Å². The second-order valence-electron chi connectivity index (χ2n) is 5.48. The Balaban J connectivity index is 2.04. The van der Waals surface area contributed by atoms with Gasteiger partial charge in [0.05, 0.1) is 23.2 Å². The third kappa shape index (κ3) is 2.92. The molecular weight excluding hydrogens is 334 g/mol. The minimum Gasteiger partial charge on any atom is -0.496 e. The Morgan fingerprint density at radius 3 is 2.48 bits per heavy atom. The Hall–Kier alpha value is -2.98. The van der Waals surface area contributed by atoms with E-state index in [4.69, 9.17) is 21.3 Å². The second-order valence-corrected chi connectivity index (χ2v) is 5.92. The van der Waals surface area contributed by atoms with Crippen molar-refractivity contribution in [2.45, 2.75) is 0 Å². The van der Waals surface area contributed by atoms with E-state index in [1.165, 1.54) is 0 Å². The van der Waals surface area contributed by atoms with Crippen LogP contribution in [0.2, 0.25) is 5.02 Å². The van der Waals surface area contributed by atoms with Gasteiger partial charge in [-0.25, -0.2) is 9.97 Å². The van der Waals surface area contributed by atoms with Crippen LogP contribution in [0.15, 0.2) is 66.9 Å². The number of nitrogens with zero attached hydrogens (tertiary/aromatic N) is 3. The monoisotopic (exact) mass is 347 g/mol. The van der Waals surface area contributed by atoms with E-state index >= 15 is 0 Å². The Labute approximate surface area is 150 Å². The fraction of sp³-hybridized carbons (Fsp3) is 0.0500. The molecule has 0 aliphatic heterocycles. The molecule has 0 unspecified atom stereocenters. The van der Waals surface area contributed by atoms with E-state index in [9.17, 15) is 0 Å². The number of para-hydroxylation sites is 1. The summed E-state index contributed by atoms with van der Waals surface area (Å²) >= 11 is 6.13. The minimum atomic E-state index is 0.538. The van der Waals surface area contributed by atoms with E-state index in [-0.39, 0.29) is 0 Å². The molecule has 4 nitrogen and oxygen atoms in total. The number of fused-ring (bicyclic) bond motifs is 1. The van der Waals surface area contributed by atoms with Crippen molar-refractivity contribution in [3.05, 3.63) is 71.9 Å². The molecule has 2 aromatic heterocycles. The second kappa shape index (κ2) is 6.49. The van der Waals surface area contributed by atoms with Crippen LogP contribution in [0.25, 0.3) is 33.7 Å². The van der Waals surface area contributed by atoms with E-state index in [0.717, 1.165) is 22.6 Å². The van der Waals surface area contributed by atoms with Gasteiger partial charge in [0, 0.05) is 11.8 Å². The van der Waals surface area contributed by atoms with E-state index in [0.29, 0.717) is 21.9 Å². The molecule has 0 spiro atoms. The number of benzene rings is 2. The van der Waals surface area contributed by atoms with Crippen LogP contribution in [0.5, 0.6) is 5.75 Å². The highest BCUT2D eigenvalue weighted by Crippen LogP contribution is 2.32. The van der Waals surface area contributed by atoms with Gasteiger partial charge in [-0.15, -0.1) is 0 Å². The fourth-order valence-electron chi connectivity index (χ4n) is 2.74. The summed E-state index contributed by atoms with van der Waals surface area (Å²) in [5, 5.41) is 0.538. The topological polar surface area (TPSA) is 47.9 Å². The summed E-state index contributed by atoms with van der Waals surface area (Å²) < 4.78 is 5.46. The maximum absolute atomic E-state index is 6.13. The third-order valence-corrected chi connectivity index (χ3v) is 4.10. The maximum atomic E-state index is 6.13. The van der Waals surface area contributed by atoms with Gasteiger partial charge in [-0.1, -0.05) is 54.1 Å². The molecule has 0 N–H and O–H groups in total. The highest BCUT2D eigenvalue weighted by atomic mass is 35.5. The molecule has 4 rings (SSSR count). The molecule has 0 aliphatic rings. The Bertz CT molecular complexity index is 1050. The van der Waals surface area contributed by atoms with Crippen LogP contribution in [-0.2, 0) is 0 Å². The molecule has 0 aliphatic carbocycles. The first-order valence-corrected chi connectivity index (χ1v) is 8.16. The number of ether oxygens (including phenoxy) is 1. The Morgan fingerprint density at radius 1 is 0.920 bits per heavy atom. The summed E-state index contributed by atoms with van der Waals surface area (Å²) in [6.07, 6.45) is 1.61. The molecule has 122 valence electrons. The first-order chi connectivity index (χ1) is 12.3. The molecule has 25 heavy (non-hydrogen) atoms. The van der Waals surface area contributed by atoms with Gasteiger partial charge >= 0.3 is 0 Å². The molecule has 0 bridgehead atoms. The quantitative estimate of drug-likeness (QED) is 0.522. The molecule has 4 aromatic rings. The molecule has 0 radical (unpaired) electrons. The van der Waals surface area contributed by atoms with Gasteiger partial charge < -0.3 is 4.74 Å². The molecule has 0 amide bonds. The number of hydrogen-bond acceptors (Lipinski definition) is 4. The lowest BCUT2D eigenvalue weighted by molar-refractivity contribution is 0.416. The van der Waals surface area contributed by atoms with Crippen molar-refractivity contribution in [3.63, 3.8) is 0 Å². The Kier molecular flexibility index (Phi) is 4.04. The van der Waals surface area contributed by atoms with Gasteiger partial charge in [0.15, 0.2) is 5.82 Å². The molecule has 5 heteroatoms. The van der Waals surface area contributed by atoms with Gasteiger partial charge in [-0.05, 0) is 18.2 Å². The zero-order chi connectivity index (χ0) is 17.2. The SMILES string of the molecule is COc1ccccc1-c1nc(-c2ccccc2)c2ncc(Cl)cc2n1. The van der Waals surface area contributed by atoms with E-state index in [2.05, 4.69) is 9.97 Å². The number of aromatic nitrogens is 3. The molecule has 0 saturated heterocycles. The van der Waals surface area contributed by atoms with Crippen LogP contribution in [0.1, 0.15) is 0 Å². The summed E-state index contributed by atoms with van der Waals surface area (Å²) in [7, 11) is 1.64. The number of rotatable bonds is 3. The van der Waals surface area contributed by atoms with Crippen LogP contribution in [-0.4, -0.2) is 22.1 Å². The number of pyridine rings is 1. The van der Waals surface area contributed by atoms with E-state index in [1.807, 2.05) is 54.6 Å². The van der Waals surface area contributed by atoms with Crippen molar-refractivity contribution >= 4 is 22.6 Å². The van der Waals surface area contributed by atoms with Gasteiger partial charge in [-0.3, -0.25) is 4.98 Å².